The number of pyridine rings is 1. The standard InChI is InChI=1S/C17H24ClN5O2S/c1-3-4-5-6-11(2)23-26(24,25)12-7-8-13-14(9-12)16(22-17(19)20)21-10-15(13)18/h7-11,23H,3-6H2,1-2H3,(H4,19,20,21,22)/t11-/m1/s1. The van der Waals surface area contributed by atoms with Gasteiger partial charge in [-0.15, -0.1) is 0 Å². The van der Waals surface area contributed by atoms with Crippen LogP contribution in [0.4, 0.5) is 5.82 Å². The summed E-state index contributed by atoms with van der Waals surface area (Å²) in [5.74, 6) is 0.0505. The maximum Gasteiger partial charge on any atom is 0.240 e. The summed E-state index contributed by atoms with van der Waals surface area (Å²) in [7, 11) is -3.68. The summed E-state index contributed by atoms with van der Waals surface area (Å²) in [6.45, 7) is 3.97. The second-order valence-corrected chi connectivity index (χ2v) is 8.31. The van der Waals surface area contributed by atoms with E-state index in [9.17, 15) is 8.42 Å². The number of hydrogen-bond acceptors (Lipinski definition) is 4. The highest BCUT2D eigenvalue weighted by Crippen LogP contribution is 2.31. The molecule has 1 aromatic carbocycles. The smallest absolute Gasteiger partial charge is 0.240 e. The largest absolute Gasteiger partial charge is 0.370 e. The van der Waals surface area contributed by atoms with E-state index in [1.807, 2.05) is 6.92 Å². The fourth-order valence-electron chi connectivity index (χ4n) is 2.64. The second-order valence-electron chi connectivity index (χ2n) is 6.19. The summed E-state index contributed by atoms with van der Waals surface area (Å²) in [5, 5.41) is 1.48. The third kappa shape index (κ3) is 5.06. The Morgan fingerprint density at radius 2 is 2.04 bits per heavy atom. The molecule has 0 saturated heterocycles. The first-order valence-corrected chi connectivity index (χ1v) is 10.3. The van der Waals surface area contributed by atoms with Gasteiger partial charge in [0.25, 0.3) is 0 Å². The number of rotatable bonds is 8. The first kappa shape index (κ1) is 20.4. The van der Waals surface area contributed by atoms with Gasteiger partial charge < -0.3 is 11.5 Å². The molecule has 2 rings (SSSR count). The van der Waals surface area contributed by atoms with Crippen LogP contribution in [-0.4, -0.2) is 25.4 Å². The number of halogens is 1. The minimum absolute atomic E-state index is 0.114. The van der Waals surface area contributed by atoms with Crippen LogP contribution in [-0.2, 0) is 10.0 Å². The van der Waals surface area contributed by atoms with Crippen molar-refractivity contribution in [2.24, 2.45) is 16.5 Å². The monoisotopic (exact) mass is 397 g/mol. The zero-order valence-electron chi connectivity index (χ0n) is 14.9. The van der Waals surface area contributed by atoms with Gasteiger partial charge in [-0.25, -0.2) is 18.1 Å². The first-order valence-electron chi connectivity index (χ1n) is 8.45. The van der Waals surface area contributed by atoms with Gasteiger partial charge in [0.1, 0.15) is 0 Å². The Hall–Kier alpha value is -1.90. The van der Waals surface area contributed by atoms with Gasteiger partial charge >= 0.3 is 0 Å². The van der Waals surface area contributed by atoms with E-state index in [4.69, 9.17) is 23.1 Å². The van der Waals surface area contributed by atoms with E-state index < -0.39 is 10.0 Å². The molecule has 142 valence electrons. The minimum Gasteiger partial charge on any atom is -0.370 e. The topological polar surface area (TPSA) is 123 Å². The highest BCUT2D eigenvalue weighted by Gasteiger charge is 2.19. The van der Waals surface area contributed by atoms with Crippen molar-refractivity contribution in [3.05, 3.63) is 29.4 Å². The van der Waals surface area contributed by atoms with Crippen LogP contribution in [0.15, 0.2) is 34.3 Å². The quantitative estimate of drug-likeness (QED) is 0.358. The van der Waals surface area contributed by atoms with Crippen molar-refractivity contribution in [1.82, 2.24) is 9.71 Å². The molecule has 0 spiro atoms. The highest BCUT2D eigenvalue weighted by atomic mass is 35.5. The lowest BCUT2D eigenvalue weighted by atomic mass is 10.1. The third-order valence-corrected chi connectivity index (χ3v) is 5.82. The van der Waals surface area contributed by atoms with Crippen molar-refractivity contribution in [1.29, 1.82) is 0 Å². The Labute approximate surface area is 158 Å². The molecule has 0 aliphatic carbocycles. The maximum absolute atomic E-state index is 12.7. The number of nitrogens with one attached hydrogen (secondary N) is 1. The molecule has 0 radical (unpaired) electrons. The molecule has 7 nitrogen and oxygen atoms in total. The van der Waals surface area contributed by atoms with Crippen LogP contribution < -0.4 is 16.2 Å². The summed E-state index contributed by atoms with van der Waals surface area (Å²) in [6, 6.07) is 4.46. The van der Waals surface area contributed by atoms with Crippen LogP contribution in [0.5, 0.6) is 0 Å². The van der Waals surface area contributed by atoms with Crippen molar-refractivity contribution in [2.45, 2.75) is 50.5 Å². The third-order valence-electron chi connectivity index (χ3n) is 3.93. The SMILES string of the molecule is CCCCC[C@@H](C)NS(=O)(=O)c1ccc2c(Cl)cnc(N=C(N)N)c2c1. The van der Waals surface area contributed by atoms with Gasteiger partial charge in [0, 0.05) is 23.0 Å². The van der Waals surface area contributed by atoms with Gasteiger partial charge in [0.2, 0.25) is 10.0 Å². The molecule has 9 heteroatoms. The number of fused-ring (bicyclic) bond motifs is 1. The van der Waals surface area contributed by atoms with Crippen LogP contribution in [0.25, 0.3) is 10.8 Å². The predicted molar refractivity (Wildman–Crippen MR) is 106 cm³/mol. The maximum atomic E-state index is 12.7. The lowest BCUT2D eigenvalue weighted by molar-refractivity contribution is 0.527. The van der Waals surface area contributed by atoms with E-state index in [0.717, 1.165) is 25.7 Å². The fraction of sp³-hybridized carbons (Fsp3) is 0.412. The van der Waals surface area contributed by atoms with Crippen LogP contribution in [0.2, 0.25) is 5.02 Å². The lowest BCUT2D eigenvalue weighted by Crippen LogP contribution is -2.32. The van der Waals surface area contributed by atoms with E-state index in [2.05, 4.69) is 21.6 Å². The molecule has 0 aliphatic rings. The number of hydrogen-bond donors (Lipinski definition) is 3. The normalized spacial score (nSPS) is 12.9. The number of unbranched alkanes of at least 4 members (excludes halogenated alkanes) is 2. The van der Waals surface area contributed by atoms with Crippen LogP contribution >= 0.6 is 11.6 Å². The number of benzene rings is 1. The number of sulfonamides is 1. The molecule has 0 bridgehead atoms. The Morgan fingerprint density at radius 1 is 1.31 bits per heavy atom. The molecule has 0 saturated carbocycles. The van der Waals surface area contributed by atoms with Crippen molar-refractivity contribution in [2.75, 3.05) is 0 Å². The molecule has 26 heavy (non-hydrogen) atoms. The second kappa shape index (κ2) is 8.66. The van der Waals surface area contributed by atoms with Gasteiger partial charge in [-0.3, -0.25) is 0 Å². The van der Waals surface area contributed by atoms with Gasteiger partial charge in [0.05, 0.1) is 9.92 Å². The Balaban J connectivity index is 2.39. The van der Waals surface area contributed by atoms with Crippen molar-refractivity contribution in [3.8, 4) is 0 Å². The Kier molecular flexibility index (Phi) is 6.80. The molecule has 1 aromatic heterocycles. The number of aromatic nitrogens is 1. The number of nitrogens with two attached hydrogens (primary N) is 2. The van der Waals surface area contributed by atoms with E-state index in [1.165, 1.54) is 18.3 Å². The van der Waals surface area contributed by atoms with E-state index in [0.29, 0.717) is 15.8 Å². The Morgan fingerprint density at radius 3 is 2.69 bits per heavy atom. The summed E-state index contributed by atoms with van der Waals surface area (Å²) in [4.78, 5) is 8.15. The molecule has 5 N–H and O–H groups in total. The molecular formula is C17H24ClN5O2S. The van der Waals surface area contributed by atoms with Crippen molar-refractivity contribution < 1.29 is 8.42 Å². The number of aliphatic imine (C=N–C) groups is 1. The fourth-order valence-corrected chi connectivity index (χ4v) is 4.16. The minimum atomic E-state index is -3.68. The Bertz CT molecular complexity index is 911. The van der Waals surface area contributed by atoms with Crippen molar-refractivity contribution in [3.63, 3.8) is 0 Å². The molecule has 0 aliphatic heterocycles. The lowest BCUT2D eigenvalue weighted by Gasteiger charge is -2.15. The predicted octanol–water partition coefficient (Wildman–Crippen LogP) is 3.04. The first-order chi connectivity index (χ1) is 12.2. The molecule has 1 heterocycles. The van der Waals surface area contributed by atoms with E-state index in [1.54, 1.807) is 6.07 Å². The summed E-state index contributed by atoms with van der Waals surface area (Å²) < 4.78 is 28.1. The van der Waals surface area contributed by atoms with Crippen molar-refractivity contribution >= 4 is 44.2 Å². The zero-order chi connectivity index (χ0) is 19.3. The summed E-state index contributed by atoms with van der Waals surface area (Å²) >= 11 is 6.15. The van der Waals surface area contributed by atoms with Gasteiger partial charge in [-0.1, -0.05) is 43.9 Å². The molecule has 0 amide bonds. The number of nitrogens with zero attached hydrogens (tertiary/aromatic N) is 2. The van der Waals surface area contributed by atoms with Crippen LogP contribution in [0.1, 0.15) is 39.5 Å². The number of guanidine groups is 1. The van der Waals surface area contributed by atoms with Gasteiger partial charge in [-0.2, -0.15) is 4.99 Å². The average Bonchev–Trinajstić information content (AvgIpc) is 2.56. The van der Waals surface area contributed by atoms with Gasteiger partial charge in [-0.05, 0) is 25.5 Å². The summed E-state index contributed by atoms with van der Waals surface area (Å²) in [6.07, 6.45) is 5.35. The molecule has 0 fully saturated rings. The molecule has 0 unspecified atom stereocenters. The molecular weight excluding hydrogens is 374 g/mol. The molecule has 1 atom stereocenters. The van der Waals surface area contributed by atoms with E-state index in [-0.39, 0.29) is 22.7 Å². The van der Waals surface area contributed by atoms with E-state index >= 15 is 0 Å². The average molecular weight is 398 g/mol. The summed E-state index contributed by atoms with van der Waals surface area (Å²) in [5.41, 5.74) is 10.9. The van der Waals surface area contributed by atoms with Gasteiger partial charge in [0.15, 0.2) is 11.8 Å². The zero-order valence-corrected chi connectivity index (χ0v) is 16.4. The van der Waals surface area contributed by atoms with Crippen LogP contribution in [0.3, 0.4) is 0 Å². The highest BCUT2D eigenvalue weighted by molar-refractivity contribution is 7.89. The molecule has 2 aromatic rings. The van der Waals surface area contributed by atoms with Crippen LogP contribution in [0, 0.1) is 0 Å².